The summed E-state index contributed by atoms with van der Waals surface area (Å²) in [5.41, 5.74) is 5.32. The summed E-state index contributed by atoms with van der Waals surface area (Å²) in [6.45, 7) is 1.89. The van der Waals surface area contributed by atoms with Crippen LogP contribution in [0.2, 0.25) is 0 Å². The summed E-state index contributed by atoms with van der Waals surface area (Å²) >= 11 is 0. The fraction of sp³-hybridized carbons (Fsp3) is 0.800. The average Bonchev–Trinajstić information content (AvgIpc) is 2.29. The summed E-state index contributed by atoms with van der Waals surface area (Å²) in [5.74, 6) is -1.03. The number of urea groups is 1. The molecule has 1 saturated heterocycles. The smallest absolute Gasteiger partial charge is 0.320 e. The molecule has 6 nitrogen and oxygen atoms in total. The molecule has 0 aromatic rings. The first-order chi connectivity index (χ1) is 7.61. The van der Waals surface area contributed by atoms with Crippen LogP contribution in [-0.2, 0) is 4.79 Å². The third kappa shape index (κ3) is 4.06. The van der Waals surface area contributed by atoms with Gasteiger partial charge in [-0.1, -0.05) is 0 Å². The molecular formula is C10H19N3O3. The van der Waals surface area contributed by atoms with Gasteiger partial charge in [-0.2, -0.15) is 0 Å². The fourth-order valence-corrected chi connectivity index (χ4v) is 1.67. The van der Waals surface area contributed by atoms with Crippen LogP contribution in [0.5, 0.6) is 0 Å². The van der Waals surface area contributed by atoms with E-state index < -0.39 is 12.0 Å². The molecule has 0 spiro atoms. The molecule has 0 aromatic heterocycles. The van der Waals surface area contributed by atoms with E-state index in [4.69, 9.17) is 10.8 Å². The van der Waals surface area contributed by atoms with Gasteiger partial charge in [-0.3, -0.25) is 4.79 Å². The number of aliphatic carboxylic acids is 1. The standard InChI is InChI=1S/C10H19N3O3/c11-8(9(14)15)4-5-12-10(16)13-6-2-1-3-7-13/h8H,1-7,11H2,(H,12,16)(H,14,15)/t8-/m0/s1. The van der Waals surface area contributed by atoms with Gasteiger partial charge in [-0.25, -0.2) is 4.79 Å². The van der Waals surface area contributed by atoms with E-state index in [0.717, 1.165) is 25.9 Å². The van der Waals surface area contributed by atoms with Crippen LogP contribution in [0, 0.1) is 0 Å². The predicted molar refractivity (Wildman–Crippen MR) is 59.1 cm³/mol. The summed E-state index contributed by atoms with van der Waals surface area (Å²) in [7, 11) is 0. The lowest BCUT2D eigenvalue weighted by atomic mass is 10.1. The first-order valence-corrected chi connectivity index (χ1v) is 5.62. The highest BCUT2D eigenvalue weighted by molar-refractivity contribution is 5.75. The van der Waals surface area contributed by atoms with E-state index in [2.05, 4.69) is 5.32 Å². The van der Waals surface area contributed by atoms with Crippen molar-refractivity contribution >= 4 is 12.0 Å². The molecule has 16 heavy (non-hydrogen) atoms. The molecule has 0 saturated carbocycles. The Hall–Kier alpha value is -1.30. The number of amides is 2. The number of nitrogens with one attached hydrogen (secondary N) is 1. The quantitative estimate of drug-likeness (QED) is 0.631. The van der Waals surface area contributed by atoms with Crippen LogP contribution in [0.1, 0.15) is 25.7 Å². The number of rotatable bonds is 4. The first-order valence-electron chi connectivity index (χ1n) is 5.62. The summed E-state index contributed by atoms with van der Waals surface area (Å²) in [5, 5.41) is 11.2. The Morgan fingerprint density at radius 3 is 2.50 bits per heavy atom. The van der Waals surface area contributed by atoms with Crippen LogP contribution >= 0.6 is 0 Å². The van der Waals surface area contributed by atoms with Crippen LogP contribution < -0.4 is 11.1 Å². The van der Waals surface area contributed by atoms with Crippen LogP contribution in [0.4, 0.5) is 4.79 Å². The molecule has 0 bridgehead atoms. The van der Waals surface area contributed by atoms with Gasteiger partial charge < -0.3 is 21.1 Å². The number of carbonyl (C=O) groups excluding carboxylic acids is 1. The van der Waals surface area contributed by atoms with Crippen molar-refractivity contribution in [2.24, 2.45) is 5.73 Å². The van der Waals surface area contributed by atoms with Crippen molar-refractivity contribution < 1.29 is 14.7 Å². The zero-order chi connectivity index (χ0) is 12.0. The van der Waals surface area contributed by atoms with E-state index in [1.807, 2.05) is 0 Å². The molecule has 2 amide bonds. The van der Waals surface area contributed by atoms with E-state index in [0.29, 0.717) is 6.54 Å². The maximum Gasteiger partial charge on any atom is 0.320 e. The van der Waals surface area contributed by atoms with Gasteiger partial charge in [-0.05, 0) is 25.7 Å². The summed E-state index contributed by atoms with van der Waals surface area (Å²) in [6.07, 6.45) is 3.52. The van der Waals surface area contributed by atoms with Crippen molar-refractivity contribution in [3.8, 4) is 0 Å². The number of carboxylic acid groups (broad SMARTS) is 1. The second-order valence-corrected chi connectivity index (χ2v) is 4.01. The Morgan fingerprint density at radius 1 is 1.31 bits per heavy atom. The molecule has 0 aromatic carbocycles. The number of carbonyl (C=O) groups is 2. The number of nitrogens with zero attached hydrogens (tertiary/aromatic N) is 1. The largest absolute Gasteiger partial charge is 0.480 e. The molecule has 1 heterocycles. The van der Waals surface area contributed by atoms with Crippen molar-refractivity contribution in [1.29, 1.82) is 0 Å². The van der Waals surface area contributed by atoms with Crippen molar-refractivity contribution in [2.45, 2.75) is 31.7 Å². The molecular weight excluding hydrogens is 210 g/mol. The number of hydrogen-bond donors (Lipinski definition) is 3. The van der Waals surface area contributed by atoms with Gasteiger partial charge in [-0.15, -0.1) is 0 Å². The van der Waals surface area contributed by atoms with E-state index in [-0.39, 0.29) is 12.5 Å². The van der Waals surface area contributed by atoms with Crippen molar-refractivity contribution in [2.75, 3.05) is 19.6 Å². The first kappa shape index (κ1) is 12.8. The normalized spacial score (nSPS) is 17.9. The van der Waals surface area contributed by atoms with E-state index >= 15 is 0 Å². The zero-order valence-corrected chi connectivity index (χ0v) is 9.32. The van der Waals surface area contributed by atoms with E-state index in [1.165, 1.54) is 6.42 Å². The number of carboxylic acids is 1. The van der Waals surface area contributed by atoms with Crippen LogP contribution in [-0.4, -0.2) is 47.7 Å². The lowest BCUT2D eigenvalue weighted by molar-refractivity contribution is -0.138. The van der Waals surface area contributed by atoms with Crippen LogP contribution in [0.25, 0.3) is 0 Å². The van der Waals surface area contributed by atoms with Gasteiger partial charge in [0.1, 0.15) is 6.04 Å². The third-order valence-electron chi connectivity index (χ3n) is 2.69. The number of likely N-dealkylation sites (tertiary alicyclic amines) is 1. The minimum atomic E-state index is -1.03. The summed E-state index contributed by atoms with van der Waals surface area (Å²) < 4.78 is 0. The Kier molecular flexibility index (Phi) is 5.04. The lowest BCUT2D eigenvalue weighted by Gasteiger charge is -2.26. The maximum absolute atomic E-state index is 11.6. The van der Waals surface area contributed by atoms with Gasteiger partial charge in [0.2, 0.25) is 0 Å². The summed E-state index contributed by atoms with van der Waals surface area (Å²) in [4.78, 5) is 23.8. The predicted octanol–water partition coefficient (Wildman–Crippen LogP) is -0.0161. The second kappa shape index (κ2) is 6.32. The molecule has 6 heteroatoms. The monoisotopic (exact) mass is 229 g/mol. The highest BCUT2D eigenvalue weighted by Crippen LogP contribution is 2.08. The lowest BCUT2D eigenvalue weighted by Crippen LogP contribution is -2.44. The van der Waals surface area contributed by atoms with Crippen molar-refractivity contribution in [1.82, 2.24) is 10.2 Å². The summed E-state index contributed by atoms with van der Waals surface area (Å²) in [6, 6.07) is -1.01. The van der Waals surface area contributed by atoms with Gasteiger partial charge in [0.05, 0.1) is 0 Å². The van der Waals surface area contributed by atoms with E-state index in [9.17, 15) is 9.59 Å². The number of piperidine rings is 1. The minimum absolute atomic E-state index is 0.114. The number of hydrogen-bond acceptors (Lipinski definition) is 3. The molecule has 1 rings (SSSR count). The van der Waals surface area contributed by atoms with Crippen molar-refractivity contribution in [3.63, 3.8) is 0 Å². The highest BCUT2D eigenvalue weighted by Gasteiger charge is 2.16. The molecule has 1 aliphatic rings. The molecule has 1 atom stereocenters. The Morgan fingerprint density at radius 2 is 1.94 bits per heavy atom. The SMILES string of the molecule is N[C@@H](CCNC(=O)N1CCCCC1)C(=O)O. The highest BCUT2D eigenvalue weighted by atomic mass is 16.4. The fourth-order valence-electron chi connectivity index (χ4n) is 1.67. The van der Waals surface area contributed by atoms with Crippen LogP contribution in [0.3, 0.4) is 0 Å². The van der Waals surface area contributed by atoms with Crippen LogP contribution in [0.15, 0.2) is 0 Å². The Labute approximate surface area is 94.8 Å². The van der Waals surface area contributed by atoms with Gasteiger partial charge in [0.15, 0.2) is 0 Å². The van der Waals surface area contributed by atoms with Gasteiger partial charge in [0, 0.05) is 19.6 Å². The molecule has 1 aliphatic heterocycles. The molecule has 0 radical (unpaired) electrons. The topological polar surface area (TPSA) is 95.7 Å². The minimum Gasteiger partial charge on any atom is -0.480 e. The van der Waals surface area contributed by atoms with Crippen molar-refractivity contribution in [3.05, 3.63) is 0 Å². The third-order valence-corrected chi connectivity index (χ3v) is 2.69. The Balaban J connectivity index is 2.16. The molecule has 1 fully saturated rings. The van der Waals surface area contributed by atoms with Gasteiger partial charge >= 0.3 is 12.0 Å². The van der Waals surface area contributed by atoms with Gasteiger partial charge in [0.25, 0.3) is 0 Å². The molecule has 4 N–H and O–H groups in total. The molecule has 0 aliphatic carbocycles. The molecule has 92 valence electrons. The number of nitrogens with two attached hydrogens (primary N) is 1. The second-order valence-electron chi connectivity index (χ2n) is 4.01. The van der Waals surface area contributed by atoms with E-state index in [1.54, 1.807) is 4.90 Å². The Bertz CT molecular complexity index is 252. The molecule has 0 unspecified atom stereocenters. The zero-order valence-electron chi connectivity index (χ0n) is 9.32. The maximum atomic E-state index is 11.6. The average molecular weight is 229 g/mol.